The molecule has 19 heavy (non-hydrogen) atoms. The molecule has 0 radical (unpaired) electrons. The van der Waals surface area contributed by atoms with Crippen molar-refractivity contribution in [3.63, 3.8) is 0 Å². The van der Waals surface area contributed by atoms with Gasteiger partial charge in [0.1, 0.15) is 5.82 Å². The van der Waals surface area contributed by atoms with E-state index in [-0.39, 0.29) is 11.5 Å². The van der Waals surface area contributed by atoms with Crippen LogP contribution in [0.5, 0.6) is 0 Å². The van der Waals surface area contributed by atoms with Crippen molar-refractivity contribution in [2.24, 2.45) is 11.1 Å². The Labute approximate surface area is 111 Å². The summed E-state index contributed by atoms with van der Waals surface area (Å²) in [6.07, 6.45) is 2.30. The third-order valence-electron chi connectivity index (χ3n) is 4.45. The normalized spacial score (nSPS) is 35.9. The van der Waals surface area contributed by atoms with E-state index in [1.165, 1.54) is 12.1 Å². The largest absolute Gasteiger partial charge is 0.364 e. The second kappa shape index (κ2) is 3.93. The molecule has 3 fully saturated rings. The molecule has 1 N–H and O–H groups in total. The zero-order valence-corrected chi connectivity index (χ0v) is 10.6. The van der Waals surface area contributed by atoms with Crippen molar-refractivity contribution in [2.45, 2.75) is 18.6 Å². The summed E-state index contributed by atoms with van der Waals surface area (Å²) in [5, 5.41) is 7.62. The zero-order valence-electron chi connectivity index (χ0n) is 10.6. The fourth-order valence-corrected chi connectivity index (χ4v) is 3.37. The summed E-state index contributed by atoms with van der Waals surface area (Å²) in [7, 11) is 0. The minimum Gasteiger partial charge on any atom is -0.364 e. The lowest BCUT2D eigenvalue weighted by Gasteiger charge is -2.49. The second-order valence-corrected chi connectivity index (χ2v) is 5.60. The number of piperidine rings is 3. The summed E-state index contributed by atoms with van der Waals surface area (Å²) in [6.45, 7) is 3.19. The predicted octanol–water partition coefficient (Wildman–Crippen LogP) is 1.53. The SMILES string of the molecule is Fc1ccc(C2=NO[C@]3(CN4CCC3CC4)N2)cc1. The molecule has 5 rings (SSSR count). The molecule has 0 unspecified atom stereocenters. The van der Waals surface area contributed by atoms with E-state index < -0.39 is 0 Å². The fraction of sp³-hybridized carbons (Fsp3) is 0.500. The topological polar surface area (TPSA) is 36.9 Å². The van der Waals surface area contributed by atoms with Crippen molar-refractivity contribution >= 4 is 5.84 Å². The van der Waals surface area contributed by atoms with E-state index in [9.17, 15) is 4.39 Å². The molecular weight excluding hydrogens is 245 g/mol. The van der Waals surface area contributed by atoms with Gasteiger partial charge in [-0.25, -0.2) is 4.39 Å². The molecule has 5 heteroatoms. The highest BCUT2D eigenvalue weighted by atomic mass is 19.1. The molecule has 1 atom stereocenters. The van der Waals surface area contributed by atoms with Crippen LogP contribution in [0.3, 0.4) is 0 Å². The summed E-state index contributed by atoms with van der Waals surface area (Å²) < 4.78 is 12.9. The Kier molecular flexibility index (Phi) is 2.33. The van der Waals surface area contributed by atoms with Gasteiger partial charge in [-0.1, -0.05) is 5.16 Å². The second-order valence-electron chi connectivity index (χ2n) is 5.60. The number of fused-ring (bicyclic) bond motifs is 2. The molecule has 4 aliphatic heterocycles. The first-order valence-corrected chi connectivity index (χ1v) is 6.78. The fourth-order valence-electron chi connectivity index (χ4n) is 3.37. The molecule has 1 aromatic carbocycles. The minimum atomic E-state index is -0.361. The Balaban J connectivity index is 1.57. The highest BCUT2D eigenvalue weighted by Crippen LogP contribution is 2.38. The first-order chi connectivity index (χ1) is 9.25. The Morgan fingerprint density at radius 2 is 2.00 bits per heavy atom. The van der Waals surface area contributed by atoms with Crippen LogP contribution in [0.4, 0.5) is 4.39 Å². The number of rotatable bonds is 1. The number of nitrogens with one attached hydrogen (secondary N) is 1. The number of benzene rings is 1. The maximum atomic E-state index is 12.9. The Bertz CT molecular complexity index is 522. The van der Waals surface area contributed by atoms with Crippen LogP contribution in [0.2, 0.25) is 0 Å². The van der Waals surface area contributed by atoms with E-state index in [2.05, 4.69) is 15.4 Å². The molecule has 2 bridgehead atoms. The maximum absolute atomic E-state index is 12.9. The van der Waals surface area contributed by atoms with E-state index in [1.807, 2.05) is 0 Å². The molecule has 0 aliphatic carbocycles. The Hall–Kier alpha value is -1.62. The molecule has 4 nitrogen and oxygen atoms in total. The lowest BCUT2D eigenvalue weighted by atomic mass is 9.81. The summed E-state index contributed by atoms with van der Waals surface area (Å²) in [5.74, 6) is 0.994. The molecule has 3 saturated heterocycles. The highest BCUT2D eigenvalue weighted by Gasteiger charge is 2.52. The van der Waals surface area contributed by atoms with Crippen molar-refractivity contribution in [1.82, 2.24) is 10.2 Å². The lowest BCUT2D eigenvalue weighted by molar-refractivity contribution is -0.148. The number of nitrogens with zero attached hydrogens (tertiary/aromatic N) is 2. The average molecular weight is 261 g/mol. The lowest BCUT2D eigenvalue weighted by Crippen LogP contribution is -2.65. The van der Waals surface area contributed by atoms with Crippen molar-refractivity contribution in [2.75, 3.05) is 19.6 Å². The predicted molar refractivity (Wildman–Crippen MR) is 69.1 cm³/mol. The summed E-state index contributed by atoms with van der Waals surface area (Å²) >= 11 is 0. The first-order valence-electron chi connectivity index (χ1n) is 6.78. The van der Waals surface area contributed by atoms with E-state index in [0.717, 1.165) is 38.0 Å². The molecule has 0 aromatic heterocycles. The quantitative estimate of drug-likeness (QED) is 0.833. The van der Waals surface area contributed by atoms with Crippen LogP contribution in [-0.4, -0.2) is 36.1 Å². The van der Waals surface area contributed by atoms with Gasteiger partial charge in [0.25, 0.3) is 0 Å². The molecule has 1 aromatic rings. The van der Waals surface area contributed by atoms with E-state index in [0.29, 0.717) is 11.8 Å². The van der Waals surface area contributed by atoms with Gasteiger partial charge in [0.15, 0.2) is 5.84 Å². The van der Waals surface area contributed by atoms with Crippen LogP contribution < -0.4 is 5.32 Å². The van der Waals surface area contributed by atoms with Crippen LogP contribution in [0.25, 0.3) is 0 Å². The van der Waals surface area contributed by atoms with Crippen LogP contribution in [0.15, 0.2) is 29.4 Å². The van der Waals surface area contributed by atoms with Crippen LogP contribution >= 0.6 is 0 Å². The smallest absolute Gasteiger partial charge is 0.224 e. The van der Waals surface area contributed by atoms with Gasteiger partial charge >= 0.3 is 0 Å². The van der Waals surface area contributed by atoms with Gasteiger partial charge in [-0.2, -0.15) is 0 Å². The minimum absolute atomic E-state index is 0.235. The maximum Gasteiger partial charge on any atom is 0.224 e. The summed E-state index contributed by atoms with van der Waals surface area (Å²) in [6, 6.07) is 6.35. The van der Waals surface area contributed by atoms with E-state index >= 15 is 0 Å². The summed E-state index contributed by atoms with van der Waals surface area (Å²) in [5.41, 5.74) is 0.509. The molecule has 1 spiro atoms. The monoisotopic (exact) mass is 261 g/mol. The summed E-state index contributed by atoms with van der Waals surface area (Å²) in [4.78, 5) is 8.17. The number of hydrogen-bond acceptors (Lipinski definition) is 4. The van der Waals surface area contributed by atoms with E-state index in [1.54, 1.807) is 12.1 Å². The molecule has 4 aliphatic rings. The molecule has 0 amide bonds. The van der Waals surface area contributed by atoms with Crippen molar-refractivity contribution in [3.8, 4) is 0 Å². The third-order valence-corrected chi connectivity index (χ3v) is 4.45. The molecule has 100 valence electrons. The van der Waals surface area contributed by atoms with Crippen molar-refractivity contribution in [3.05, 3.63) is 35.6 Å². The first kappa shape index (κ1) is 11.2. The van der Waals surface area contributed by atoms with Crippen LogP contribution in [0, 0.1) is 11.7 Å². The van der Waals surface area contributed by atoms with E-state index in [4.69, 9.17) is 4.84 Å². The van der Waals surface area contributed by atoms with Gasteiger partial charge in [-0.15, -0.1) is 0 Å². The van der Waals surface area contributed by atoms with Crippen LogP contribution in [0.1, 0.15) is 18.4 Å². The number of oxime groups is 1. The molecule has 0 saturated carbocycles. The number of hydrogen-bond donors (Lipinski definition) is 1. The average Bonchev–Trinajstić information content (AvgIpc) is 2.85. The van der Waals surface area contributed by atoms with Crippen molar-refractivity contribution < 1.29 is 9.23 Å². The van der Waals surface area contributed by atoms with Gasteiger partial charge in [0.2, 0.25) is 5.72 Å². The molecular formula is C14H16FN3O. The zero-order chi connectivity index (χ0) is 12.9. The Morgan fingerprint density at radius 1 is 1.26 bits per heavy atom. The van der Waals surface area contributed by atoms with Crippen molar-refractivity contribution in [1.29, 1.82) is 0 Å². The molecule has 4 heterocycles. The number of amidine groups is 1. The highest BCUT2D eigenvalue weighted by molar-refractivity contribution is 5.99. The van der Waals surface area contributed by atoms with Gasteiger partial charge in [0, 0.05) is 11.5 Å². The third kappa shape index (κ3) is 1.72. The van der Waals surface area contributed by atoms with Crippen LogP contribution in [-0.2, 0) is 4.84 Å². The van der Waals surface area contributed by atoms with Gasteiger partial charge in [0.05, 0.1) is 6.54 Å². The standard InChI is InChI=1S/C14H16FN3O/c15-12-3-1-10(2-4-12)13-16-14(19-17-13)9-18-7-5-11(14)6-8-18/h1-4,11H,5-9H2,(H,16,17)/t14-/m0/s1. The van der Waals surface area contributed by atoms with Gasteiger partial charge in [-0.3, -0.25) is 4.90 Å². The van der Waals surface area contributed by atoms with Gasteiger partial charge < -0.3 is 10.2 Å². The Morgan fingerprint density at radius 3 is 2.63 bits per heavy atom. The van der Waals surface area contributed by atoms with Gasteiger partial charge in [-0.05, 0) is 50.2 Å². The number of halogens is 1.